The van der Waals surface area contributed by atoms with Crippen LogP contribution in [0.5, 0.6) is 0 Å². The van der Waals surface area contributed by atoms with E-state index in [-0.39, 0.29) is 0 Å². The summed E-state index contributed by atoms with van der Waals surface area (Å²) in [5.74, 6) is 0. The summed E-state index contributed by atoms with van der Waals surface area (Å²) in [5.41, 5.74) is -8.31. The molecule has 0 spiro atoms. The van der Waals surface area contributed by atoms with E-state index in [9.17, 15) is 30.9 Å². The highest BCUT2D eigenvalue weighted by atomic mass is 35.5. The maximum atomic E-state index is 13.0. The Balaban J connectivity index is 2.78. The van der Waals surface area contributed by atoms with Crippen LogP contribution >= 0.6 is 46.4 Å². The van der Waals surface area contributed by atoms with Crippen molar-refractivity contribution >= 4 is 57.6 Å². The molecule has 0 saturated heterocycles. The predicted octanol–water partition coefficient (Wildman–Crippen LogP) is 6.00. The van der Waals surface area contributed by atoms with Gasteiger partial charge in [-0.1, -0.05) is 46.4 Å². The quantitative estimate of drug-likeness (QED) is 0.294. The highest BCUT2D eigenvalue weighted by Gasteiger charge is 2.48. The van der Waals surface area contributed by atoms with Crippen LogP contribution in [-0.4, -0.2) is 19.8 Å². The lowest BCUT2D eigenvalue weighted by molar-refractivity contribution is -0.137. The maximum Gasteiger partial charge on any atom is 0.578 e. The zero-order chi connectivity index (χ0) is 20.9. The molecule has 2 rings (SSSR count). The van der Waals surface area contributed by atoms with Gasteiger partial charge in [0.05, 0.1) is 31.9 Å². The molecule has 0 aliphatic rings. The van der Waals surface area contributed by atoms with Crippen LogP contribution in [0.25, 0.3) is 5.69 Å². The molecule has 1 heterocycles. The number of halogens is 10. The Bertz CT molecular complexity index is 924. The van der Waals surface area contributed by atoms with Gasteiger partial charge in [-0.05, 0) is 0 Å². The Morgan fingerprint density at radius 2 is 1.48 bits per heavy atom. The Labute approximate surface area is 169 Å². The Morgan fingerprint density at radius 3 is 1.85 bits per heavy atom. The van der Waals surface area contributed by atoms with Crippen molar-refractivity contribution in [2.45, 2.75) is 16.6 Å². The maximum absolute atomic E-state index is 13.0. The number of nitriles is 1. The third-order valence-corrected chi connectivity index (χ3v) is 5.75. The number of aromatic nitrogens is 2. The van der Waals surface area contributed by atoms with Gasteiger partial charge in [-0.3, -0.25) is 0 Å². The van der Waals surface area contributed by atoms with Gasteiger partial charge in [-0.2, -0.15) is 23.5 Å². The predicted molar refractivity (Wildman–Crippen MR) is 85.8 cm³/mol. The van der Waals surface area contributed by atoms with Crippen molar-refractivity contribution in [3.63, 3.8) is 0 Å². The molecule has 27 heavy (non-hydrogen) atoms. The lowest BCUT2D eigenvalue weighted by atomic mass is 10.2. The van der Waals surface area contributed by atoms with Gasteiger partial charge in [-0.25, -0.2) is 4.68 Å². The first kappa shape index (κ1) is 22.3. The summed E-state index contributed by atoms with van der Waals surface area (Å²) in [6.07, 6.45) is -4.56. The first-order chi connectivity index (χ1) is 12.2. The van der Waals surface area contributed by atoms with E-state index in [0.29, 0.717) is 10.9 Å². The van der Waals surface area contributed by atoms with Crippen molar-refractivity contribution in [2.75, 3.05) is 0 Å². The summed E-state index contributed by atoms with van der Waals surface area (Å²) in [6, 6.07) is 1.29. The second kappa shape index (κ2) is 7.42. The van der Waals surface area contributed by atoms with Gasteiger partial charge in [0.1, 0.15) is 22.9 Å². The first-order valence-electron chi connectivity index (χ1n) is 6.13. The van der Waals surface area contributed by atoms with E-state index in [1.165, 1.54) is 6.07 Å². The van der Waals surface area contributed by atoms with Crippen LogP contribution in [0.1, 0.15) is 11.3 Å². The van der Waals surface area contributed by atoms with E-state index in [1.807, 2.05) is 0 Å². The standard InChI is InChI=1S/C12HCl4F6N3OS/c13-6-5(11(17,18)19)7(14)9(16)10(8(6)15)25-2-4(3(1-23)24-25)27(26)12(20,21)22/h2H. The zero-order valence-electron chi connectivity index (χ0n) is 12.0. The van der Waals surface area contributed by atoms with E-state index >= 15 is 0 Å². The van der Waals surface area contributed by atoms with E-state index in [4.69, 9.17) is 51.7 Å². The van der Waals surface area contributed by atoms with E-state index in [0.717, 1.165) is 0 Å². The summed E-state index contributed by atoms with van der Waals surface area (Å²) >= 11 is 19.1. The van der Waals surface area contributed by atoms with Gasteiger partial charge in [0.15, 0.2) is 0 Å². The number of benzene rings is 1. The Kier molecular flexibility index (Phi) is 6.12. The van der Waals surface area contributed by atoms with Crippen molar-refractivity contribution < 1.29 is 30.9 Å². The number of alkyl halides is 6. The van der Waals surface area contributed by atoms with Crippen molar-refractivity contribution in [1.82, 2.24) is 9.78 Å². The van der Waals surface area contributed by atoms with Crippen LogP contribution in [0.4, 0.5) is 26.3 Å². The number of hydrogen-bond donors (Lipinski definition) is 0. The number of rotatable bonds is 2. The van der Waals surface area contributed by atoms with E-state index in [1.54, 1.807) is 0 Å². The molecule has 146 valence electrons. The third kappa shape index (κ3) is 4.06. The number of nitrogens with zero attached hydrogens (tertiary/aromatic N) is 3. The average molecular weight is 491 g/mol. The second-order valence-corrected chi connectivity index (χ2v) is 7.54. The SMILES string of the molecule is N#Cc1nn(-c2c(Cl)c(Cl)c(C(F)(F)F)c(Cl)c2Cl)cc1[S+]([O-])C(F)(F)F. The van der Waals surface area contributed by atoms with Gasteiger partial charge in [0.2, 0.25) is 10.6 Å². The summed E-state index contributed by atoms with van der Waals surface area (Å²) in [5, 5.41) is 8.48. The second-order valence-electron chi connectivity index (χ2n) is 4.59. The minimum absolute atomic E-state index is 0.445. The molecule has 0 aliphatic carbocycles. The molecule has 15 heteroatoms. The largest absolute Gasteiger partial charge is 0.604 e. The fourth-order valence-corrected chi connectivity index (χ4v) is 3.82. The van der Waals surface area contributed by atoms with Crippen molar-refractivity contribution in [2.24, 2.45) is 0 Å². The van der Waals surface area contributed by atoms with Gasteiger partial charge < -0.3 is 4.55 Å². The highest BCUT2D eigenvalue weighted by molar-refractivity contribution is 7.92. The van der Waals surface area contributed by atoms with Gasteiger partial charge in [0.25, 0.3) is 0 Å². The molecule has 2 aromatic rings. The molecule has 1 aromatic heterocycles. The molecule has 4 nitrogen and oxygen atoms in total. The molecule has 0 radical (unpaired) electrons. The van der Waals surface area contributed by atoms with Crippen LogP contribution in [-0.2, 0) is 17.4 Å². The van der Waals surface area contributed by atoms with E-state index in [2.05, 4.69) is 5.10 Å². The van der Waals surface area contributed by atoms with Gasteiger partial charge in [-0.15, -0.1) is 13.2 Å². The van der Waals surface area contributed by atoms with Gasteiger partial charge in [0, 0.05) is 0 Å². The van der Waals surface area contributed by atoms with Crippen LogP contribution in [0.2, 0.25) is 20.1 Å². The normalized spacial score (nSPS) is 13.6. The molecule has 0 N–H and O–H groups in total. The molecule has 0 amide bonds. The average Bonchev–Trinajstić information content (AvgIpc) is 2.94. The molecule has 1 unspecified atom stereocenters. The van der Waals surface area contributed by atoms with E-state index < -0.39 is 64.8 Å². The van der Waals surface area contributed by atoms with Crippen LogP contribution in [0, 0.1) is 11.3 Å². The minimum Gasteiger partial charge on any atom is -0.604 e. The summed E-state index contributed by atoms with van der Waals surface area (Å²) in [4.78, 5) is -1.05. The molecular weight excluding hydrogens is 490 g/mol. The fraction of sp³-hybridized carbons (Fsp3) is 0.167. The topological polar surface area (TPSA) is 64.7 Å². The molecule has 0 aliphatic heterocycles. The van der Waals surface area contributed by atoms with Crippen molar-refractivity contribution in [1.29, 1.82) is 5.26 Å². The molecule has 0 bridgehead atoms. The summed E-state index contributed by atoms with van der Waals surface area (Å²) in [6.45, 7) is 0. The van der Waals surface area contributed by atoms with Crippen molar-refractivity contribution in [3.8, 4) is 11.8 Å². The first-order valence-corrected chi connectivity index (χ1v) is 8.79. The monoisotopic (exact) mass is 489 g/mol. The van der Waals surface area contributed by atoms with Crippen molar-refractivity contribution in [3.05, 3.63) is 37.5 Å². The Hall–Kier alpha value is -1.03. The molecule has 1 atom stereocenters. The third-order valence-electron chi connectivity index (χ3n) is 2.95. The molecular formula is C12HCl4F6N3OS. The Morgan fingerprint density at radius 1 is 1.00 bits per heavy atom. The zero-order valence-corrected chi connectivity index (χ0v) is 15.9. The molecule has 1 aromatic carbocycles. The minimum atomic E-state index is -5.22. The highest BCUT2D eigenvalue weighted by Crippen LogP contribution is 2.49. The fourth-order valence-electron chi connectivity index (χ4n) is 1.88. The van der Waals surface area contributed by atoms with Crippen LogP contribution in [0.3, 0.4) is 0 Å². The smallest absolute Gasteiger partial charge is 0.578 e. The van der Waals surface area contributed by atoms with Crippen LogP contribution < -0.4 is 0 Å². The lowest BCUT2D eigenvalue weighted by Crippen LogP contribution is -2.23. The lowest BCUT2D eigenvalue weighted by Gasteiger charge is -2.17. The molecule has 0 saturated carbocycles. The number of hydrogen-bond acceptors (Lipinski definition) is 3. The summed E-state index contributed by atoms with van der Waals surface area (Å²) < 4.78 is 89.1. The van der Waals surface area contributed by atoms with Crippen LogP contribution in [0.15, 0.2) is 11.1 Å². The molecule has 0 fully saturated rings. The van der Waals surface area contributed by atoms with Gasteiger partial charge >= 0.3 is 11.7 Å². The summed E-state index contributed by atoms with van der Waals surface area (Å²) in [7, 11) is 0.